The number of hydrogen-bond donors (Lipinski definition) is 0. The van der Waals surface area contributed by atoms with Crippen LogP contribution in [0.25, 0.3) is 11.1 Å². The molecule has 1 atom stereocenters. The number of carbonyl (C=O) groups excluding carboxylic acids is 1. The molecule has 0 fully saturated rings. The molecule has 1 aromatic carbocycles. The molecule has 2 aromatic heterocycles. The number of amides is 1. The van der Waals surface area contributed by atoms with E-state index in [1.807, 2.05) is 32.9 Å². The molecule has 5 rings (SSSR count). The van der Waals surface area contributed by atoms with Crippen LogP contribution < -0.4 is 4.90 Å². The monoisotopic (exact) mass is 594 g/mol. The van der Waals surface area contributed by atoms with E-state index in [0.717, 1.165) is 66.9 Å². The number of ether oxygens (including phenoxy) is 1. The lowest BCUT2D eigenvalue weighted by Crippen LogP contribution is -2.40. The molecular formula is C33H44F2N6O2. The molecule has 0 radical (unpaired) electrons. The second-order valence-corrected chi connectivity index (χ2v) is 12.7. The first-order valence-electron chi connectivity index (χ1n) is 15.4. The second-order valence-electron chi connectivity index (χ2n) is 12.7. The van der Waals surface area contributed by atoms with Crippen LogP contribution in [0.5, 0.6) is 0 Å². The van der Waals surface area contributed by atoms with Gasteiger partial charge in [0, 0.05) is 60.8 Å². The molecule has 1 unspecified atom stereocenters. The number of aromatic nitrogens is 4. The third kappa shape index (κ3) is 6.48. The van der Waals surface area contributed by atoms with Crippen molar-refractivity contribution >= 4 is 17.6 Å². The average Bonchev–Trinajstić information content (AvgIpc) is 3.56. The molecule has 2 aliphatic heterocycles. The second kappa shape index (κ2) is 12.5. The first-order chi connectivity index (χ1) is 20.5. The van der Waals surface area contributed by atoms with Gasteiger partial charge in [0.15, 0.2) is 5.82 Å². The van der Waals surface area contributed by atoms with E-state index in [1.54, 1.807) is 35.1 Å². The van der Waals surface area contributed by atoms with Gasteiger partial charge in [-0.3, -0.25) is 9.36 Å². The minimum Gasteiger partial charge on any atom is -0.444 e. The number of rotatable bonds is 9. The molecule has 4 heterocycles. The first kappa shape index (κ1) is 30.8. The molecule has 0 aliphatic carbocycles. The lowest BCUT2D eigenvalue weighted by atomic mass is 9.92. The molecule has 0 saturated carbocycles. The van der Waals surface area contributed by atoms with Crippen molar-refractivity contribution in [3.8, 4) is 11.1 Å². The van der Waals surface area contributed by atoms with Crippen molar-refractivity contribution in [2.24, 2.45) is 7.05 Å². The van der Waals surface area contributed by atoms with E-state index in [9.17, 15) is 13.6 Å². The molecule has 0 bridgehead atoms. The fourth-order valence-corrected chi connectivity index (χ4v) is 6.32. The summed E-state index contributed by atoms with van der Waals surface area (Å²) in [5.74, 6) is 0.748. The Balaban J connectivity index is 1.61. The Bertz CT molecular complexity index is 1470. The zero-order chi connectivity index (χ0) is 30.9. The van der Waals surface area contributed by atoms with Crippen LogP contribution in [0.3, 0.4) is 0 Å². The summed E-state index contributed by atoms with van der Waals surface area (Å²) in [6, 6.07) is 3.73. The molecule has 2 aliphatic rings. The molecule has 8 nitrogen and oxygen atoms in total. The number of carbonyl (C=O) groups is 1. The van der Waals surface area contributed by atoms with E-state index in [1.165, 1.54) is 0 Å². The number of aryl methyl sites for hydroxylation is 2. The molecule has 0 saturated heterocycles. The number of alkyl halides is 2. The molecule has 0 N–H and O–H groups in total. The van der Waals surface area contributed by atoms with Crippen molar-refractivity contribution < 1.29 is 18.3 Å². The lowest BCUT2D eigenvalue weighted by Gasteiger charge is -2.34. The first-order valence-corrected chi connectivity index (χ1v) is 15.4. The standard InChI is InChI=1S/C33H44F2N6O2/c1-7-9-13-24(11-8-2)41-28-14-16-39(32(42)43-33(3,4)5)21-27(28)31(37-41)40-15-10-12-22-17-25(23-19-36-38(6)20-23)26(30(34)35)18-29(22)40/h7,17-20,24,30H,1,8-16,21H2,2-6H3. The fraction of sp³-hybridized carbons (Fsp3) is 0.545. The highest BCUT2D eigenvalue weighted by Crippen LogP contribution is 2.43. The van der Waals surface area contributed by atoms with Gasteiger partial charge in [-0.15, -0.1) is 6.58 Å². The Morgan fingerprint density at radius 1 is 1.19 bits per heavy atom. The molecule has 3 aromatic rings. The molecule has 1 amide bonds. The van der Waals surface area contributed by atoms with E-state index in [4.69, 9.17) is 9.84 Å². The summed E-state index contributed by atoms with van der Waals surface area (Å²) in [4.78, 5) is 17.0. The number of fused-ring (bicyclic) bond motifs is 2. The number of allylic oxidation sites excluding steroid dienone is 1. The van der Waals surface area contributed by atoms with E-state index < -0.39 is 12.0 Å². The molecule has 0 spiro atoms. The van der Waals surface area contributed by atoms with Crippen molar-refractivity contribution in [2.45, 2.75) is 97.3 Å². The van der Waals surface area contributed by atoms with Gasteiger partial charge in [-0.05, 0) is 76.1 Å². The van der Waals surface area contributed by atoms with E-state index in [2.05, 4.69) is 28.2 Å². The van der Waals surface area contributed by atoms with Crippen LogP contribution in [0.1, 0.15) is 94.7 Å². The Morgan fingerprint density at radius 3 is 2.63 bits per heavy atom. The number of benzene rings is 1. The topological polar surface area (TPSA) is 68.4 Å². The summed E-state index contributed by atoms with van der Waals surface area (Å²) in [5.41, 5.74) is 4.42. The maximum atomic E-state index is 14.5. The van der Waals surface area contributed by atoms with E-state index in [0.29, 0.717) is 37.2 Å². The third-order valence-corrected chi connectivity index (χ3v) is 8.26. The molecule has 10 heteroatoms. The minimum atomic E-state index is -2.65. The lowest BCUT2D eigenvalue weighted by molar-refractivity contribution is 0.0222. The number of nitrogens with zero attached hydrogens (tertiary/aromatic N) is 6. The summed E-state index contributed by atoms with van der Waals surface area (Å²) in [6.45, 7) is 13.2. The van der Waals surface area contributed by atoms with Gasteiger partial charge in [0.25, 0.3) is 6.43 Å². The maximum absolute atomic E-state index is 14.5. The highest BCUT2D eigenvalue weighted by atomic mass is 19.3. The summed E-state index contributed by atoms with van der Waals surface area (Å²) >= 11 is 0. The predicted molar refractivity (Wildman–Crippen MR) is 165 cm³/mol. The van der Waals surface area contributed by atoms with Gasteiger partial charge in [0.05, 0.1) is 18.8 Å². The highest BCUT2D eigenvalue weighted by Gasteiger charge is 2.35. The Hall–Kier alpha value is -3.69. The van der Waals surface area contributed by atoms with Gasteiger partial charge in [-0.2, -0.15) is 10.2 Å². The van der Waals surface area contributed by atoms with Crippen molar-refractivity contribution in [3.63, 3.8) is 0 Å². The average molecular weight is 595 g/mol. The minimum absolute atomic E-state index is 0.0165. The van der Waals surface area contributed by atoms with Gasteiger partial charge in [0.2, 0.25) is 0 Å². The van der Waals surface area contributed by atoms with Crippen LogP contribution in [0.4, 0.5) is 25.1 Å². The van der Waals surface area contributed by atoms with Crippen molar-refractivity contribution in [1.82, 2.24) is 24.5 Å². The quantitative estimate of drug-likeness (QED) is 0.236. The SMILES string of the molecule is C=CCCC(CCC)n1nc(N2CCCc3cc(-c4cnn(C)c4)c(C(F)F)cc32)c2c1CCN(C(=O)OC(C)(C)C)C2. The zero-order valence-corrected chi connectivity index (χ0v) is 26.1. The smallest absolute Gasteiger partial charge is 0.410 e. The van der Waals surface area contributed by atoms with Gasteiger partial charge in [-0.25, -0.2) is 13.6 Å². The highest BCUT2D eigenvalue weighted by molar-refractivity contribution is 5.77. The van der Waals surface area contributed by atoms with Crippen molar-refractivity contribution in [3.05, 3.63) is 59.6 Å². The van der Waals surface area contributed by atoms with Crippen molar-refractivity contribution in [2.75, 3.05) is 18.0 Å². The molecule has 43 heavy (non-hydrogen) atoms. The van der Waals surface area contributed by atoms with Crippen LogP contribution >= 0.6 is 0 Å². The normalized spacial score (nSPS) is 15.8. The largest absolute Gasteiger partial charge is 0.444 e. The van der Waals surface area contributed by atoms with Crippen LogP contribution in [0.15, 0.2) is 37.2 Å². The predicted octanol–water partition coefficient (Wildman–Crippen LogP) is 7.91. The molecular weight excluding hydrogens is 550 g/mol. The summed E-state index contributed by atoms with van der Waals surface area (Å²) in [5, 5.41) is 9.46. The third-order valence-electron chi connectivity index (χ3n) is 8.26. The number of hydrogen-bond acceptors (Lipinski definition) is 5. The number of anilines is 2. The van der Waals surface area contributed by atoms with Crippen LogP contribution in [0, 0.1) is 0 Å². The van der Waals surface area contributed by atoms with E-state index >= 15 is 0 Å². The Kier molecular flexibility index (Phi) is 8.94. The summed E-state index contributed by atoms with van der Waals surface area (Å²) in [6.07, 6.45) is 8.42. The van der Waals surface area contributed by atoms with Crippen LogP contribution in [-0.2, 0) is 31.2 Å². The van der Waals surface area contributed by atoms with Gasteiger partial charge in [-0.1, -0.05) is 19.4 Å². The van der Waals surface area contributed by atoms with Crippen molar-refractivity contribution in [1.29, 1.82) is 0 Å². The molecule has 232 valence electrons. The summed E-state index contributed by atoms with van der Waals surface area (Å²) < 4.78 is 38.6. The zero-order valence-electron chi connectivity index (χ0n) is 26.1. The summed E-state index contributed by atoms with van der Waals surface area (Å²) in [7, 11) is 1.78. The van der Waals surface area contributed by atoms with E-state index in [-0.39, 0.29) is 17.7 Å². The fourth-order valence-electron chi connectivity index (χ4n) is 6.32. The Morgan fingerprint density at radius 2 is 1.98 bits per heavy atom. The van der Waals surface area contributed by atoms with Crippen LogP contribution in [-0.4, -0.2) is 49.2 Å². The Labute approximate surface area is 253 Å². The van der Waals surface area contributed by atoms with Crippen LogP contribution in [0.2, 0.25) is 0 Å². The van der Waals surface area contributed by atoms with Gasteiger partial charge < -0.3 is 14.5 Å². The van der Waals surface area contributed by atoms with Gasteiger partial charge >= 0.3 is 6.09 Å². The van der Waals surface area contributed by atoms with Gasteiger partial charge in [0.1, 0.15) is 5.60 Å². The number of halogens is 2. The maximum Gasteiger partial charge on any atom is 0.410 e.